The average molecular weight is 278 g/mol. The van der Waals surface area contributed by atoms with Crippen molar-refractivity contribution >= 4 is 27.1 Å². The van der Waals surface area contributed by atoms with Crippen LogP contribution in [0, 0.1) is 6.92 Å². The molecule has 16 heavy (non-hydrogen) atoms. The molecule has 3 aromatic rings. The summed E-state index contributed by atoms with van der Waals surface area (Å²) in [4.78, 5) is 11.8. The lowest BCUT2D eigenvalue weighted by Crippen LogP contribution is -1.78. The number of nitrogens with one attached hydrogen (secondary N) is 1. The van der Waals surface area contributed by atoms with Gasteiger partial charge in [-0.25, -0.2) is 9.97 Å². The number of H-pyrrole nitrogens is 1. The first-order valence-corrected chi connectivity index (χ1v) is 5.60. The summed E-state index contributed by atoms with van der Waals surface area (Å²) in [5.74, 6) is 1.40. The Morgan fingerprint density at radius 1 is 1.31 bits per heavy atom. The molecule has 1 N–H and O–H groups in total. The fourth-order valence-corrected chi connectivity index (χ4v) is 1.90. The highest BCUT2D eigenvalue weighted by atomic mass is 79.9. The lowest BCUT2D eigenvalue weighted by molar-refractivity contribution is 0.552. The van der Waals surface area contributed by atoms with Crippen molar-refractivity contribution in [1.29, 1.82) is 0 Å². The largest absolute Gasteiger partial charge is 0.446 e. The molecule has 0 aromatic carbocycles. The molecule has 80 valence electrons. The van der Waals surface area contributed by atoms with Gasteiger partial charge in [0.05, 0.1) is 5.52 Å². The molecule has 0 saturated heterocycles. The lowest BCUT2D eigenvalue weighted by Gasteiger charge is -1.90. The van der Waals surface area contributed by atoms with Crippen molar-refractivity contribution in [3.63, 3.8) is 0 Å². The summed E-state index contributed by atoms with van der Waals surface area (Å²) >= 11 is 3.26. The quantitative estimate of drug-likeness (QED) is 0.743. The number of furan rings is 1. The molecule has 0 radical (unpaired) electrons. The Hall–Kier alpha value is -1.62. The van der Waals surface area contributed by atoms with E-state index >= 15 is 0 Å². The number of aromatic nitrogens is 3. The Labute approximate surface area is 99.8 Å². The van der Waals surface area contributed by atoms with E-state index in [0.717, 1.165) is 11.1 Å². The SMILES string of the molecule is Cc1ccnc2nc(-c3ccc(Br)o3)[nH]c12. The molecule has 0 amide bonds. The summed E-state index contributed by atoms with van der Waals surface area (Å²) in [6.07, 6.45) is 1.75. The summed E-state index contributed by atoms with van der Waals surface area (Å²) in [7, 11) is 0. The van der Waals surface area contributed by atoms with Gasteiger partial charge in [0.2, 0.25) is 0 Å². The highest BCUT2D eigenvalue weighted by molar-refractivity contribution is 9.10. The molecule has 4 nitrogen and oxygen atoms in total. The molecular weight excluding hydrogens is 270 g/mol. The van der Waals surface area contributed by atoms with Gasteiger partial charge in [0.1, 0.15) is 0 Å². The van der Waals surface area contributed by atoms with E-state index in [9.17, 15) is 0 Å². The van der Waals surface area contributed by atoms with Gasteiger partial charge in [0.25, 0.3) is 0 Å². The zero-order valence-electron chi connectivity index (χ0n) is 8.49. The number of imidazole rings is 1. The number of aromatic amines is 1. The maximum absolute atomic E-state index is 5.43. The molecule has 5 heteroatoms. The fraction of sp³-hybridized carbons (Fsp3) is 0.0909. The van der Waals surface area contributed by atoms with Gasteiger partial charge in [-0.15, -0.1) is 0 Å². The van der Waals surface area contributed by atoms with Crippen LogP contribution in [-0.4, -0.2) is 15.0 Å². The highest BCUT2D eigenvalue weighted by Crippen LogP contribution is 2.25. The minimum absolute atomic E-state index is 0.688. The fourth-order valence-electron chi connectivity index (χ4n) is 1.59. The monoisotopic (exact) mass is 277 g/mol. The van der Waals surface area contributed by atoms with Gasteiger partial charge < -0.3 is 9.40 Å². The van der Waals surface area contributed by atoms with E-state index in [1.807, 2.05) is 25.1 Å². The smallest absolute Gasteiger partial charge is 0.178 e. The number of hydrogen-bond donors (Lipinski definition) is 1. The van der Waals surface area contributed by atoms with Crippen LogP contribution in [0.25, 0.3) is 22.7 Å². The Balaban J connectivity index is 2.22. The molecule has 0 aliphatic heterocycles. The first-order valence-electron chi connectivity index (χ1n) is 4.81. The molecule has 0 aliphatic rings. The molecule has 0 bridgehead atoms. The zero-order valence-corrected chi connectivity index (χ0v) is 10.1. The van der Waals surface area contributed by atoms with E-state index in [1.54, 1.807) is 6.20 Å². The van der Waals surface area contributed by atoms with Crippen LogP contribution < -0.4 is 0 Å². The van der Waals surface area contributed by atoms with Crippen LogP contribution in [0.3, 0.4) is 0 Å². The van der Waals surface area contributed by atoms with Gasteiger partial charge in [-0.2, -0.15) is 0 Å². The van der Waals surface area contributed by atoms with Crippen molar-refractivity contribution in [1.82, 2.24) is 15.0 Å². The molecule has 0 spiro atoms. The van der Waals surface area contributed by atoms with Gasteiger partial charge in [0, 0.05) is 6.20 Å². The van der Waals surface area contributed by atoms with E-state index in [-0.39, 0.29) is 0 Å². The van der Waals surface area contributed by atoms with E-state index in [4.69, 9.17) is 4.42 Å². The lowest BCUT2D eigenvalue weighted by atomic mass is 10.3. The first-order chi connectivity index (χ1) is 7.74. The Bertz CT molecular complexity index is 656. The molecule has 0 unspecified atom stereocenters. The Morgan fingerprint density at radius 3 is 2.88 bits per heavy atom. The topological polar surface area (TPSA) is 54.7 Å². The Kier molecular flexibility index (Phi) is 2.07. The molecule has 3 heterocycles. The van der Waals surface area contributed by atoms with E-state index in [2.05, 4.69) is 30.9 Å². The predicted molar refractivity (Wildman–Crippen MR) is 64.0 cm³/mol. The molecule has 0 aliphatic carbocycles. The van der Waals surface area contributed by atoms with Crippen LogP contribution in [0.1, 0.15) is 5.56 Å². The Morgan fingerprint density at radius 2 is 2.19 bits per heavy atom. The summed E-state index contributed by atoms with van der Waals surface area (Å²) in [5.41, 5.74) is 2.78. The molecule has 0 fully saturated rings. The van der Waals surface area contributed by atoms with Crippen LogP contribution in [0.4, 0.5) is 0 Å². The van der Waals surface area contributed by atoms with Crippen LogP contribution in [0.2, 0.25) is 0 Å². The highest BCUT2D eigenvalue weighted by Gasteiger charge is 2.10. The maximum Gasteiger partial charge on any atom is 0.178 e. The van der Waals surface area contributed by atoms with Crippen LogP contribution >= 0.6 is 15.9 Å². The average Bonchev–Trinajstić information content (AvgIpc) is 2.84. The number of nitrogens with zero attached hydrogens (tertiary/aromatic N) is 2. The van der Waals surface area contributed by atoms with Crippen molar-refractivity contribution < 1.29 is 4.42 Å². The maximum atomic E-state index is 5.43. The van der Waals surface area contributed by atoms with Gasteiger partial charge >= 0.3 is 0 Å². The molecule has 0 atom stereocenters. The number of hydrogen-bond acceptors (Lipinski definition) is 3. The number of fused-ring (bicyclic) bond motifs is 1. The summed E-state index contributed by atoms with van der Waals surface area (Å²) < 4.78 is 6.12. The standard InChI is InChI=1S/C11H8BrN3O/c1-6-4-5-13-11-9(6)14-10(15-11)7-2-3-8(12)16-7/h2-5H,1H3,(H,13,14,15). The van der Waals surface area contributed by atoms with E-state index < -0.39 is 0 Å². The van der Waals surface area contributed by atoms with Gasteiger partial charge in [-0.1, -0.05) is 0 Å². The van der Waals surface area contributed by atoms with Crippen LogP contribution in [-0.2, 0) is 0 Å². The zero-order chi connectivity index (χ0) is 11.1. The second-order valence-electron chi connectivity index (χ2n) is 3.52. The van der Waals surface area contributed by atoms with Gasteiger partial charge in [-0.05, 0) is 46.6 Å². The molecule has 3 aromatic heterocycles. The first kappa shape index (κ1) is 9.59. The van der Waals surface area contributed by atoms with Gasteiger partial charge in [-0.3, -0.25) is 0 Å². The summed E-state index contributed by atoms with van der Waals surface area (Å²) in [6.45, 7) is 2.02. The number of pyridine rings is 1. The van der Waals surface area contributed by atoms with E-state index in [0.29, 0.717) is 21.9 Å². The van der Waals surface area contributed by atoms with Crippen molar-refractivity contribution in [3.05, 3.63) is 34.6 Å². The third-order valence-electron chi connectivity index (χ3n) is 2.41. The van der Waals surface area contributed by atoms with Crippen molar-refractivity contribution in [2.75, 3.05) is 0 Å². The predicted octanol–water partition coefficient (Wildman–Crippen LogP) is 3.29. The second kappa shape index (κ2) is 3.45. The summed E-state index contributed by atoms with van der Waals surface area (Å²) in [5, 5.41) is 0. The van der Waals surface area contributed by atoms with Crippen molar-refractivity contribution in [3.8, 4) is 11.6 Å². The molecular formula is C11H8BrN3O. The van der Waals surface area contributed by atoms with Crippen LogP contribution in [0.5, 0.6) is 0 Å². The minimum Gasteiger partial charge on any atom is -0.446 e. The van der Waals surface area contributed by atoms with Crippen molar-refractivity contribution in [2.45, 2.75) is 6.92 Å². The van der Waals surface area contributed by atoms with Gasteiger partial charge in [0.15, 0.2) is 21.9 Å². The van der Waals surface area contributed by atoms with Crippen molar-refractivity contribution in [2.24, 2.45) is 0 Å². The third kappa shape index (κ3) is 1.44. The normalized spacial score (nSPS) is 11.1. The number of rotatable bonds is 1. The minimum atomic E-state index is 0.688. The van der Waals surface area contributed by atoms with Crippen LogP contribution in [0.15, 0.2) is 33.5 Å². The number of aryl methyl sites for hydroxylation is 1. The second-order valence-corrected chi connectivity index (χ2v) is 4.30. The molecule has 3 rings (SSSR count). The van der Waals surface area contributed by atoms with E-state index in [1.165, 1.54) is 0 Å². The summed E-state index contributed by atoms with van der Waals surface area (Å²) in [6, 6.07) is 5.64. The molecule has 0 saturated carbocycles. The third-order valence-corrected chi connectivity index (χ3v) is 2.83. The number of halogens is 1.